The molecule has 0 aliphatic heterocycles. The summed E-state index contributed by atoms with van der Waals surface area (Å²) in [4.78, 5) is 28.6. The number of benzene rings is 2. The number of aromatic amines is 1. The van der Waals surface area contributed by atoms with Crippen molar-refractivity contribution in [3.05, 3.63) is 117 Å². The maximum Gasteiger partial charge on any atom is 0.255 e. The molecule has 0 fully saturated rings. The lowest BCUT2D eigenvalue weighted by Crippen LogP contribution is -2.19. The minimum atomic E-state index is -0.269. The Morgan fingerprint density at radius 1 is 0.867 bits per heavy atom. The molecule has 2 heterocycles. The largest absolute Gasteiger partial charge is 0.301 e. The third-order valence-corrected chi connectivity index (χ3v) is 5.52. The Morgan fingerprint density at radius 2 is 1.60 bits per heavy atom. The lowest BCUT2D eigenvalue weighted by atomic mass is 10.0. The molecule has 0 aliphatic carbocycles. The summed E-state index contributed by atoms with van der Waals surface area (Å²) in [6, 6.07) is 16.3. The maximum atomic E-state index is 13.1. The number of halogens is 1. The fraction of sp³-hybridized carbons (Fsp3) is 0.130. The number of aromatic nitrogens is 4. The van der Waals surface area contributed by atoms with Crippen molar-refractivity contribution in [2.24, 2.45) is 0 Å². The number of H-pyrrole nitrogens is 1. The van der Waals surface area contributed by atoms with E-state index in [1.165, 1.54) is 30.2 Å². The average Bonchev–Trinajstić information content (AvgIpc) is 2.77. The molecule has 4 rings (SSSR count). The lowest BCUT2D eigenvalue weighted by Gasteiger charge is -2.11. The van der Waals surface area contributed by atoms with E-state index in [1.54, 1.807) is 24.5 Å². The zero-order valence-electron chi connectivity index (χ0n) is 16.1. The molecule has 4 aromatic rings. The van der Waals surface area contributed by atoms with Gasteiger partial charge in [0.25, 0.3) is 5.56 Å². The van der Waals surface area contributed by atoms with Gasteiger partial charge in [-0.2, -0.15) is 0 Å². The SMILES string of the molecule is O=c1[nH]c(SCc2ccc(F)cc2)nc(Cc2ccccc2)c1Cc1cncnc1. The van der Waals surface area contributed by atoms with Crippen LogP contribution in [0.3, 0.4) is 0 Å². The van der Waals surface area contributed by atoms with Gasteiger partial charge in [0, 0.05) is 36.6 Å². The second-order valence-corrected chi connectivity index (χ2v) is 7.76. The van der Waals surface area contributed by atoms with Gasteiger partial charge in [-0.05, 0) is 28.8 Å². The lowest BCUT2D eigenvalue weighted by molar-refractivity contribution is 0.627. The van der Waals surface area contributed by atoms with E-state index in [0.29, 0.717) is 29.3 Å². The first-order valence-electron chi connectivity index (χ1n) is 9.44. The van der Waals surface area contributed by atoms with Gasteiger partial charge >= 0.3 is 0 Å². The van der Waals surface area contributed by atoms with Crippen LogP contribution in [0.5, 0.6) is 0 Å². The van der Waals surface area contributed by atoms with E-state index in [4.69, 9.17) is 4.98 Å². The minimum Gasteiger partial charge on any atom is -0.301 e. The van der Waals surface area contributed by atoms with Gasteiger partial charge in [0.1, 0.15) is 12.1 Å². The zero-order chi connectivity index (χ0) is 20.8. The topological polar surface area (TPSA) is 71.5 Å². The third kappa shape index (κ3) is 5.18. The molecule has 0 bridgehead atoms. The van der Waals surface area contributed by atoms with Crippen LogP contribution in [0.4, 0.5) is 4.39 Å². The van der Waals surface area contributed by atoms with Gasteiger partial charge in [0.05, 0.1) is 5.69 Å². The van der Waals surface area contributed by atoms with Gasteiger partial charge < -0.3 is 4.98 Å². The molecule has 0 radical (unpaired) electrons. The summed E-state index contributed by atoms with van der Waals surface area (Å²) < 4.78 is 13.1. The van der Waals surface area contributed by atoms with Crippen LogP contribution in [0, 0.1) is 5.82 Å². The number of thioether (sulfide) groups is 1. The minimum absolute atomic E-state index is 0.165. The monoisotopic (exact) mass is 418 g/mol. The number of nitrogens with one attached hydrogen (secondary N) is 1. The van der Waals surface area contributed by atoms with Crippen molar-refractivity contribution in [2.75, 3.05) is 0 Å². The second-order valence-electron chi connectivity index (χ2n) is 6.80. The predicted molar refractivity (Wildman–Crippen MR) is 115 cm³/mol. The van der Waals surface area contributed by atoms with Crippen molar-refractivity contribution in [1.82, 2.24) is 19.9 Å². The Balaban J connectivity index is 1.63. The quantitative estimate of drug-likeness (QED) is 0.360. The van der Waals surface area contributed by atoms with Gasteiger partial charge in [-0.25, -0.2) is 19.3 Å². The van der Waals surface area contributed by atoms with Crippen molar-refractivity contribution >= 4 is 11.8 Å². The number of rotatable bonds is 7. The highest BCUT2D eigenvalue weighted by Crippen LogP contribution is 2.21. The Labute approximate surface area is 177 Å². The van der Waals surface area contributed by atoms with E-state index in [1.807, 2.05) is 30.3 Å². The molecule has 30 heavy (non-hydrogen) atoms. The van der Waals surface area contributed by atoms with Crippen LogP contribution in [0.25, 0.3) is 0 Å². The van der Waals surface area contributed by atoms with E-state index >= 15 is 0 Å². The molecule has 0 spiro atoms. The molecule has 7 heteroatoms. The molecule has 0 amide bonds. The summed E-state index contributed by atoms with van der Waals surface area (Å²) in [5, 5.41) is 0.545. The van der Waals surface area contributed by atoms with Crippen molar-refractivity contribution in [3.63, 3.8) is 0 Å². The van der Waals surface area contributed by atoms with Crippen LogP contribution >= 0.6 is 11.8 Å². The van der Waals surface area contributed by atoms with Gasteiger partial charge in [0.2, 0.25) is 0 Å². The molecule has 0 aliphatic rings. The fourth-order valence-corrected chi connectivity index (χ4v) is 3.90. The first kappa shape index (κ1) is 20.0. The molecule has 0 saturated carbocycles. The van der Waals surface area contributed by atoms with Gasteiger partial charge in [-0.15, -0.1) is 0 Å². The summed E-state index contributed by atoms with van der Waals surface area (Å²) in [6.45, 7) is 0. The van der Waals surface area contributed by atoms with E-state index in [9.17, 15) is 9.18 Å². The average molecular weight is 418 g/mol. The van der Waals surface area contributed by atoms with Crippen LogP contribution in [0.15, 0.2) is 83.3 Å². The molecule has 0 unspecified atom stereocenters. The molecule has 0 saturated heterocycles. The fourth-order valence-electron chi connectivity index (χ4n) is 3.07. The number of hydrogen-bond acceptors (Lipinski definition) is 5. The van der Waals surface area contributed by atoms with Crippen molar-refractivity contribution in [2.45, 2.75) is 23.8 Å². The summed E-state index contributed by atoms with van der Waals surface area (Å²) >= 11 is 1.42. The first-order chi connectivity index (χ1) is 14.7. The van der Waals surface area contributed by atoms with E-state index in [0.717, 1.165) is 22.4 Å². The predicted octanol–water partition coefficient (Wildman–Crippen LogP) is 4.17. The Hall–Kier alpha value is -3.32. The van der Waals surface area contributed by atoms with Crippen LogP contribution in [-0.2, 0) is 18.6 Å². The van der Waals surface area contributed by atoms with Crippen LogP contribution in [0.1, 0.15) is 27.9 Å². The smallest absolute Gasteiger partial charge is 0.255 e. The Bertz CT molecular complexity index is 1170. The van der Waals surface area contributed by atoms with Crippen molar-refractivity contribution in [3.8, 4) is 0 Å². The third-order valence-electron chi connectivity index (χ3n) is 4.58. The highest BCUT2D eigenvalue weighted by Gasteiger charge is 2.14. The zero-order valence-corrected chi connectivity index (χ0v) is 16.9. The standard InChI is InChI=1S/C23H19FN4OS/c24-19-8-6-17(7-9-19)14-30-23-27-21(11-16-4-2-1-3-5-16)20(22(29)28-23)10-18-12-25-15-26-13-18/h1-9,12-13,15H,10-11,14H2,(H,27,28,29). The molecule has 2 aromatic heterocycles. The molecule has 0 atom stereocenters. The van der Waals surface area contributed by atoms with Crippen LogP contribution in [0.2, 0.25) is 0 Å². The molecule has 5 nitrogen and oxygen atoms in total. The summed E-state index contributed by atoms with van der Waals surface area (Å²) in [7, 11) is 0. The van der Waals surface area contributed by atoms with E-state index in [2.05, 4.69) is 15.0 Å². The van der Waals surface area contributed by atoms with Crippen molar-refractivity contribution < 1.29 is 4.39 Å². The molecule has 2 aromatic carbocycles. The van der Waals surface area contributed by atoms with E-state index < -0.39 is 0 Å². The first-order valence-corrected chi connectivity index (χ1v) is 10.4. The molecular weight excluding hydrogens is 399 g/mol. The summed E-state index contributed by atoms with van der Waals surface area (Å²) in [5.74, 6) is 0.314. The number of nitrogens with zero attached hydrogens (tertiary/aromatic N) is 3. The van der Waals surface area contributed by atoms with E-state index in [-0.39, 0.29) is 11.4 Å². The molecule has 1 N–H and O–H groups in total. The Morgan fingerprint density at radius 3 is 2.33 bits per heavy atom. The molecular formula is C23H19FN4OS. The summed E-state index contributed by atoms with van der Waals surface area (Å²) in [5.41, 5.74) is 4.07. The normalized spacial score (nSPS) is 10.8. The Kier molecular flexibility index (Phi) is 6.29. The van der Waals surface area contributed by atoms with Crippen LogP contribution < -0.4 is 5.56 Å². The van der Waals surface area contributed by atoms with Gasteiger partial charge in [-0.1, -0.05) is 54.2 Å². The molecule has 150 valence electrons. The summed E-state index contributed by atoms with van der Waals surface area (Å²) in [6.07, 6.45) is 5.84. The highest BCUT2D eigenvalue weighted by molar-refractivity contribution is 7.98. The highest BCUT2D eigenvalue weighted by atomic mass is 32.2. The van der Waals surface area contributed by atoms with Gasteiger partial charge in [-0.3, -0.25) is 4.79 Å². The maximum absolute atomic E-state index is 13.1. The van der Waals surface area contributed by atoms with Crippen molar-refractivity contribution in [1.29, 1.82) is 0 Å². The second kappa shape index (κ2) is 9.45. The number of hydrogen-bond donors (Lipinski definition) is 1. The van der Waals surface area contributed by atoms with Gasteiger partial charge in [0.15, 0.2) is 5.16 Å². The van der Waals surface area contributed by atoms with Crippen LogP contribution in [-0.4, -0.2) is 19.9 Å².